The maximum atomic E-state index is 12.9. The van der Waals surface area contributed by atoms with Gasteiger partial charge in [-0.05, 0) is 49.4 Å². The van der Waals surface area contributed by atoms with E-state index in [0.29, 0.717) is 29.0 Å². The number of nitriles is 1. The first kappa shape index (κ1) is 24.0. The molecule has 9 heteroatoms. The van der Waals surface area contributed by atoms with Crippen LogP contribution in [0.25, 0.3) is 0 Å². The highest BCUT2D eigenvalue weighted by Gasteiger charge is 2.15. The van der Waals surface area contributed by atoms with Crippen molar-refractivity contribution in [3.63, 3.8) is 0 Å². The minimum Gasteiger partial charge on any atom is -0.379 e. The standard InChI is InChI=1S/C24H30N6O3/c1-29(2)22-8-7-20(28-24(32)27-19-6-3-5-18(15-19)17-25)16-21(22)23(31)26-9-4-10-30-11-13-33-14-12-30/h3,5-8,15-16H,4,9-14H2,1-2H3,(H,26,31)(H2,27,28,32). The molecule has 33 heavy (non-hydrogen) atoms. The van der Waals surface area contributed by atoms with Crippen molar-refractivity contribution in [2.24, 2.45) is 0 Å². The number of morpholine rings is 1. The molecule has 174 valence electrons. The summed E-state index contributed by atoms with van der Waals surface area (Å²) in [6, 6.07) is 13.4. The van der Waals surface area contributed by atoms with Crippen molar-refractivity contribution in [3.8, 4) is 6.07 Å². The first-order chi connectivity index (χ1) is 16.0. The zero-order valence-corrected chi connectivity index (χ0v) is 19.1. The molecule has 9 nitrogen and oxygen atoms in total. The van der Waals surface area contributed by atoms with E-state index < -0.39 is 6.03 Å². The van der Waals surface area contributed by atoms with Gasteiger partial charge >= 0.3 is 6.03 Å². The lowest BCUT2D eigenvalue weighted by molar-refractivity contribution is 0.0374. The van der Waals surface area contributed by atoms with E-state index in [9.17, 15) is 9.59 Å². The molecule has 1 saturated heterocycles. The van der Waals surface area contributed by atoms with Crippen LogP contribution < -0.4 is 20.9 Å². The van der Waals surface area contributed by atoms with E-state index in [1.54, 1.807) is 42.5 Å². The van der Waals surface area contributed by atoms with Crippen molar-refractivity contribution >= 4 is 29.0 Å². The minimum atomic E-state index is -0.459. The van der Waals surface area contributed by atoms with Crippen LogP contribution in [0.3, 0.4) is 0 Å². The summed E-state index contributed by atoms with van der Waals surface area (Å²) in [4.78, 5) is 29.5. The molecule has 0 atom stereocenters. The Bertz CT molecular complexity index is 1010. The van der Waals surface area contributed by atoms with E-state index in [1.165, 1.54) is 0 Å². The molecule has 0 spiro atoms. The number of nitrogens with zero attached hydrogens (tertiary/aromatic N) is 3. The molecule has 3 N–H and O–H groups in total. The summed E-state index contributed by atoms with van der Waals surface area (Å²) < 4.78 is 5.36. The molecule has 1 fully saturated rings. The van der Waals surface area contributed by atoms with Gasteiger partial charge in [0, 0.05) is 50.8 Å². The highest BCUT2D eigenvalue weighted by Crippen LogP contribution is 2.23. The van der Waals surface area contributed by atoms with Gasteiger partial charge in [0.05, 0.1) is 30.4 Å². The Labute approximate surface area is 194 Å². The Kier molecular flexibility index (Phi) is 8.63. The number of ether oxygens (including phenoxy) is 1. The number of hydrogen-bond acceptors (Lipinski definition) is 6. The summed E-state index contributed by atoms with van der Waals surface area (Å²) in [6.45, 7) is 4.85. The van der Waals surface area contributed by atoms with Crippen molar-refractivity contribution in [1.82, 2.24) is 10.2 Å². The van der Waals surface area contributed by atoms with E-state index in [2.05, 4.69) is 20.9 Å². The highest BCUT2D eigenvalue weighted by molar-refractivity contribution is 6.04. The van der Waals surface area contributed by atoms with Crippen molar-refractivity contribution in [3.05, 3.63) is 53.6 Å². The molecule has 3 rings (SSSR count). The van der Waals surface area contributed by atoms with Crippen LogP contribution in [0.4, 0.5) is 21.9 Å². The van der Waals surface area contributed by atoms with Gasteiger partial charge in [-0.15, -0.1) is 0 Å². The maximum Gasteiger partial charge on any atom is 0.323 e. The first-order valence-electron chi connectivity index (χ1n) is 10.9. The van der Waals surface area contributed by atoms with Gasteiger partial charge < -0.3 is 25.6 Å². The van der Waals surface area contributed by atoms with E-state index in [0.717, 1.165) is 45.0 Å². The van der Waals surface area contributed by atoms with Crippen molar-refractivity contribution in [1.29, 1.82) is 5.26 Å². The molecule has 0 aromatic heterocycles. The predicted molar refractivity (Wildman–Crippen MR) is 129 cm³/mol. The summed E-state index contributed by atoms with van der Waals surface area (Å²) >= 11 is 0. The van der Waals surface area contributed by atoms with E-state index in [1.807, 2.05) is 25.1 Å². The summed E-state index contributed by atoms with van der Waals surface area (Å²) in [7, 11) is 3.74. The Morgan fingerprint density at radius 2 is 1.82 bits per heavy atom. The number of carbonyl (C=O) groups excluding carboxylic acids is 2. The monoisotopic (exact) mass is 450 g/mol. The number of carbonyl (C=O) groups is 2. The van der Waals surface area contributed by atoms with Gasteiger partial charge in [0.15, 0.2) is 0 Å². The lowest BCUT2D eigenvalue weighted by atomic mass is 10.1. The summed E-state index contributed by atoms with van der Waals surface area (Å²) in [5, 5.41) is 17.4. The summed E-state index contributed by atoms with van der Waals surface area (Å²) in [5.74, 6) is -0.188. The zero-order valence-electron chi connectivity index (χ0n) is 19.1. The van der Waals surface area contributed by atoms with Crippen LogP contribution in [0.1, 0.15) is 22.3 Å². The quantitative estimate of drug-likeness (QED) is 0.534. The Balaban J connectivity index is 1.60. The molecule has 2 aromatic rings. The molecule has 0 unspecified atom stereocenters. The number of amides is 3. The van der Waals surface area contributed by atoms with E-state index in [4.69, 9.17) is 10.00 Å². The van der Waals surface area contributed by atoms with Gasteiger partial charge in [0.1, 0.15) is 0 Å². The number of rotatable bonds is 8. The third-order valence-electron chi connectivity index (χ3n) is 5.27. The maximum absolute atomic E-state index is 12.9. The smallest absolute Gasteiger partial charge is 0.323 e. The topological polar surface area (TPSA) is 110 Å². The summed E-state index contributed by atoms with van der Waals surface area (Å²) in [5.41, 5.74) is 2.70. The fraction of sp³-hybridized carbons (Fsp3) is 0.375. The van der Waals surface area contributed by atoms with Gasteiger partial charge in [0.25, 0.3) is 5.91 Å². The molecule has 1 heterocycles. The lowest BCUT2D eigenvalue weighted by Crippen LogP contribution is -2.38. The van der Waals surface area contributed by atoms with Crippen molar-refractivity contribution in [2.75, 3.05) is 69.0 Å². The second kappa shape index (κ2) is 11.9. The molecule has 3 amide bonds. The van der Waals surface area contributed by atoms with E-state index in [-0.39, 0.29) is 5.91 Å². The fourth-order valence-corrected chi connectivity index (χ4v) is 3.57. The fourth-order valence-electron chi connectivity index (χ4n) is 3.57. The van der Waals surface area contributed by atoms with Crippen LogP contribution in [-0.4, -0.2) is 70.3 Å². The largest absolute Gasteiger partial charge is 0.379 e. The Morgan fingerprint density at radius 3 is 2.52 bits per heavy atom. The molecular formula is C24H30N6O3. The van der Waals surface area contributed by atoms with Crippen LogP contribution in [0.15, 0.2) is 42.5 Å². The van der Waals surface area contributed by atoms with Gasteiger partial charge in [0.2, 0.25) is 0 Å². The van der Waals surface area contributed by atoms with Crippen LogP contribution in [0, 0.1) is 11.3 Å². The average molecular weight is 451 g/mol. The van der Waals surface area contributed by atoms with Crippen molar-refractivity contribution < 1.29 is 14.3 Å². The second-order valence-electron chi connectivity index (χ2n) is 7.96. The third kappa shape index (κ3) is 7.20. The van der Waals surface area contributed by atoms with Gasteiger partial charge in [-0.2, -0.15) is 5.26 Å². The summed E-state index contributed by atoms with van der Waals surface area (Å²) in [6.07, 6.45) is 0.852. The van der Waals surface area contributed by atoms with Crippen LogP contribution in [-0.2, 0) is 4.74 Å². The third-order valence-corrected chi connectivity index (χ3v) is 5.27. The molecule has 1 aliphatic rings. The second-order valence-corrected chi connectivity index (χ2v) is 7.96. The van der Waals surface area contributed by atoms with Gasteiger partial charge in [-0.25, -0.2) is 4.79 Å². The molecular weight excluding hydrogens is 420 g/mol. The SMILES string of the molecule is CN(C)c1ccc(NC(=O)Nc2cccc(C#N)c2)cc1C(=O)NCCCN1CCOCC1. The minimum absolute atomic E-state index is 0.188. The molecule has 0 aliphatic carbocycles. The molecule has 0 radical (unpaired) electrons. The predicted octanol–water partition coefficient (Wildman–Crippen LogP) is 2.72. The highest BCUT2D eigenvalue weighted by atomic mass is 16.5. The zero-order chi connectivity index (χ0) is 23.6. The van der Waals surface area contributed by atoms with Crippen LogP contribution in [0.2, 0.25) is 0 Å². The molecule has 0 bridgehead atoms. The van der Waals surface area contributed by atoms with Crippen LogP contribution >= 0.6 is 0 Å². The number of anilines is 3. The van der Waals surface area contributed by atoms with Crippen molar-refractivity contribution in [2.45, 2.75) is 6.42 Å². The number of hydrogen-bond donors (Lipinski definition) is 3. The molecule has 0 saturated carbocycles. The Hall–Kier alpha value is -3.61. The molecule has 1 aliphatic heterocycles. The normalized spacial score (nSPS) is 13.6. The lowest BCUT2D eigenvalue weighted by Gasteiger charge is -2.26. The number of urea groups is 1. The van der Waals surface area contributed by atoms with Gasteiger partial charge in [-0.1, -0.05) is 6.07 Å². The van der Waals surface area contributed by atoms with Gasteiger partial charge in [-0.3, -0.25) is 9.69 Å². The van der Waals surface area contributed by atoms with E-state index >= 15 is 0 Å². The Morgan fingerprint density at radius 1 is 1.09 bits per heavy atom. The first-order valence-corrected chi connectivity index (χ1v) is 10.9. The number of benzene rings is 2. The average Bonchev–Trinajstić information content (AvgIpc) is 2.82. The van der Waals surface area contributed by atoms with Crippen LogP contribution in [0.5, 0.6) is 0 Å². The molecule has 2 aromatic carbocycles. The number of nitrogens with one attached hydrogen (secondary N) is 3.